The molecule has 1 atom stereocenters. The van der Waals surface area contributed by atoms with E-state index >= 15 is 0 Å². The number of nitrogens with one attached hydrogen (secondary N) is 1. The molecule has 1 saturated heterocycles. The monoisotopic (exact) mass is 311 g/mol. The molecule has 3 heterocycles. The Hall–Kier alpha value is -2.92. The van der Waals surface area contributed by atoms with Crippen LogP contribution in [0, 0.1) is 11.3 Å². The highest BCUT2D eigenvalue weighted by atomic mass is 16.5. The summed E-state index contributed by atoms with van der Waals surface area (Å²) >= 11 is 0. The Labute approximate surface area is 133 Å². The Morgan fingerprint density at radius 1 is 1.30 bits per heavy atom. The number of nitrogens with two attached hydrogens (primary N) is 2. The minimum atomic E-state index is 0.0212. The molecular weight excluding hydrogens is 294 g/mol. The van der Waals surface area contributed by atoms with Gasteiger partial charge in [-0.05, 0) is 25.5 Å². The molecule has 0 spiro atoms. The third kappa shape index (κ3) is 3.30. The number of rotatable bonds is 3. The lowest BCUT2D eigenvalue weighted by molar-refractivity contribution is 0.166. The molecule has 1 unspecified atom stereocenters. The molecule has 5 N–H and O–H groups in total. The standard InChI is InChI=1S/C15H17N7O/c16-5-12-13(23-10-2-1-3-19-7-10)4-9(6-20-12)11-8-21-15(18)22-14(11)17/h4,6,8,10,19H,1-3,7H2,(H4,17,18,21,22). The van der Waals surface area contributed by atoms with E-state index in [9.17, 15) is 5.26 Å². The van der Waals surface area contributed by atoms with Gasteiger partial charge in [-0.25, -0.2) is 9.97 Å². The average molecular weight is 311 g/mol. The van der Waals surface area contributed by atoms with Crippen molar-refractivity contribution in [3.63, 3.8) is 0 Å². The first-order valence-corrected chi connectivity index (χ1v) is 7.33. The van der Waals surface area contributed by atoms with Crippen LogP contribution >= 0.6 is 0 Å². The number of hydrogen-bond acceptors (Lipinski definition) is 8. The van der Waals surface area contributed by atoms with Crippen molar-refractivity contribution in [1.82, 2.24) is 20.3 Å². The van der Waals surface area contributed by atoms with Gasteiger partial charge < -0.3 is 21.5 Å². The fraction of sp³-hybridized carbons (Fsp3) is 0.333. The van der Waals surface area contributed by atoms with Crippen molar-refractivity contribution in [3.05, 3.63) is 24.2 Å². The van der Waals surface area contributed by atoms with Gasteiger partial charge in [0.15, 0.2) is 11.4 Å². The second-order valence-electron chi connectivity index (χ2n) is 5.30. The molecule has 0 saturated carbocycles. The van der Waals surface area contributed by atoms with Gasteiger partial charge in [-0.1, -0.05) is 0 Å². The third-order valence-electron chi connectivity index (χ3n) is 3.65. The Balaban J connectivity index is 1.93. The van der Waals surface area contributed by atoms with Crippen LogP contribution in [0.3, 0.4) is 0 Å². The number of nitrogen functional groups attached to an aromatic ring is 2. The molecule has 3 rings (SSSR count). The number of piperidine rings is 1. The molecule has 2 aromatic heterocycles. The zero-order chi connectivity index (χ0) is 16.2. The fourth-order valence-corrected chi connectivity index (χ4v) is 2.50. The molecule has 1 aliphatic heterocycles. The van der Waals surface area contributed by atoms with Crippen LogP contribution in [0.4, 0.5) is 11.8 Å². The average Bonchev–Trinajstić information content (AvgIpc) is 2.56. The summed E-state index contributed by atoms with van der Waals surface area (Å²) < 4.78 is 5.95. The first kappa shape index (κ1) is 15.0. The third-order valence-corrected chi connectivity index (χ3v) is 3.65. The Bertz CT molecular complexity index is 750. The van der Waals surface area contributed by atoms with Gasteiger partial charge in [-0.15, -0.1) is 0 Å². The number of nitriles is 1. The lowest BCUT2D eigenvalue weighted by Crippen LogP contribution is -2.37. The molecule has 0 aromatic carbocycles. The molecule has 0 radical (unpaired) electrons. The normalized spacial score (nSPS) is 17.4. The zero-order valence-corrected chi connectivity index (χ0v) is 12.5. The van der Waals surface area contributed by atoms with E-state index < -0.39 is 0 Å². The van der Waals surface area contributed by atoms with E-state index in [4.69, 9.17) is 16.2 Å². The number of nitrogens with zero attached hydrogens (tertiary/aromatic N) is 4. The summed E-state index contributed by atoms with van der Waals surface area (Å²) in [5, 5.41) is 12.5. The summed E-state index contributed by atoms with van der Waals surface area (Å²) in [5.74, 6) is 0.807. The Morgan fingerprint density at radius 2 is 2.17 bits per heavy atom. The van der Waals surface area contributed by atoms with Crippen LogP contribution in [0.15, 0.2) is 18.5 Å². The number of ether oxygens (including phenoxy) is 1. The maximum Gasteiger partial charge on any atom is 0.221 e. The van der Waals surface area contributed by atoms with Gasteiger partial charge in [0, 0.05) is 30.1 Å². The smallest absolute Gasteiger partial charge is 0.221 e. The number of anilines is 2. The van der Waals surface area contributed by atoms with Crippen molar-refractivity contribution in [3.8, 4) is 22.9 Å². The van der Waals surface area contributed by atoms with Crippen LogP contribution in [0.1, 0.15) is 18.5 Å². The van der Waals surface area contributed by atoms with E-state index in [1.807, 2.05) is 6.07 Å². The summed E-state index contributed by atoms with van der Waals surface area (Å²) in [4.78, 5) is 12.0. The van der Waals surface area contributed by atoms with Crippen molar-refractivity contribution in [2.45, 2.75) is 18.9 Å². The highest BCUT2D eigenvalue weighted by Gasteiger charge is 2.18. The summed E-state index contributed by atoms with van der Waals surface area (Å²) in [6.45, 7) is 1.74. The van der Waals surface area contributed by atoms with Crippen molar-refractivity contribution >= 4 is 11.8 Å². The molecule has 23 heavy (non-hydrogen) atoms. The van der Waals surface area contributed by atoms with E-state index in [0.717, 1.165) is 25.9 Å². The van der Waals surface area contributed by atoms with Gasteiger partial charge in [0.2, 0.25) is 5.95 Å². The second-order valence-corrected chi connectivity index (χ2v) is 5.30. The predicted octanol–water partition coefficient (Wildman–Crippen LogP) is 0.705. The van der Waals surface area contributed by atoms with Crippen molar-refractivity contribution < 1.29 is 4.74 Å². The predicted molar refractivity (Wildman–Crippen MR) is 85.3 cm³/mol. The first-order valence-electron chi connectivity index (χ1n) is 7.33. The van der Waals surface area contributed by atoms with Crippen LogP contribution in [0.25, 0.3) is 11.1 Å². The maximum absolute atomic E-state index is 9.23. The minimum absolute atomic E-state index is 0.0212. The molecule has 2 aromatic rings. The second kappa shape index (κ2) is 6.46. The van der Waals surface area contributed by atoms with Crippen LogP contribution < -0.4 is 21.5 Å². The molecule has 0 amide bonds. The zero-order valence-electron chi connectivity index (χ0n) is 12.5. The Kier molecular flexibility index (Phi) is 4.21. The van der Waals surface area contributed by atoms with Gasteiger partial charge in [0.25, 0.3) is 0 Å². The molecule has 8 nitrogen and oxygen atoms in total. The largest absolute Gasteiger partial charge is 0.486 e. The van der Waals surface area contributed by atoms with Crippen LogP contribution in [0.5, 0.6) is 5.75 Å². The molecule has 118 valence electrons. The quantitative estimate of drug-likeness (QED) is 0.753. The van der Waals surface area contributed by atoms with E-state index in [1.54, 1.807) is 12.3 Å². The first-order chi connectivity index (χ1) is 11.2. The molecule has 0 bridgehead atoms. The minimum Gasteiger partial charge on any atom is -0.486 e. The molecule has 1 aliphatic rings. The summed E-state index contributed by atoms with van der Waals surface area (Å²) in [5.41, 5.74) is 12.9. The molecule has 0 aliphatic carbocycles. The van der Waals surface area contributed by atoms with Gasteiger partial charge in [-0.3, -0.25) is 0 Å². The van der Waals surface area contributed by atoms with E-state index in [2.05, 4.69) is 20.3 Å². The summed E-state index contributed by atoms with van der Waals surface area (Å²) in [6.07, 6.45) is 5.09. The van der Waals surface area contributed by atoms with Gasteiger partial charge in [0.1, 0.15) is 18.0 Å². The fourth-order valence-electron chi connectivity index (χ4n) is 2.50. The topological polar surface area (TPSA) is 136 Å². The van der Waals surface area contributed by atoms with Gasteiger partial charge >= 0.3 is 0 Å². The number of pyridine rings is 1. The summed E-state index contributed by atoms with van der Waals surface area (Å²) in [7, 11) is 0. The summed E-state index contributed by atoms with van der Waals surface area (Å²) in [6, 6.07) is 3.79. The van der Waals surface area contributed by atoms with E-state index in [0.29, 0.717) is 16.9 Å². The highest BCUT2D eigenvalue weighted by Crippen LogP contribution is 2.29. The number of hydrogen-bond donors (Lipinski definition) is 3. The lowest BCUT2D eigenvalue weighted by Gasteiger charge is -2.24. The van der Waals surface area contributed by atoms with Crippen molar-refractivity contribution in [2.24, 2.45) is 0 Å². The van der Waals surface area contributed by atoms with Crippen LogP contribution in [-0.4, -0.2) is 34.1 Å². The van der Waals surface area contributed by atoms with Crippen molar-refractivity contribution in [2.75, 3.05) is 24.6 Å². The highest BCUT2D eigenvalue weighted by molar-refractivity contribution is 5.74. The van der Waals surface area contributed by atoms with Gasteiger partial charge in [-0.2, -0.15) is 10.2 Å². The van der Waals surface area contributed by atoms with Crippen LogP contribution in [-0.2, 0) is 0 Å². The SMILES string of the molecule is N#Cc1ncc(-c2cnc(N)nc2N)cc1OC1CCCNC1. The van der Waals surface area contributed by atoms with Crippen LogP contribution in [0.2, 0.25) is 0 Å². The lowest BCUT2D eigenvalue weighted by atomic mass is 10.1. The van der Waals surface area contributed by atoms with Crippen molar-refractivity contribution in [1.29, 1.82) is 5.26 Å². The maximum atomic E-state index is 9.23. The Morgan fingerprint density at radius 3 is 2.87 bits per heavy atom. The van der Waals surface area contributed by atoms with E-state index in [1.165, 1.54) is 6.20 Å². The number of aromatic nitrogens is 3. The molecular formula is C15H17N7O. The van der Waals surface area contributed by atoms with E-state index in [-0.39, 0.29) is 23.6 Å². The molecule has 8 heteroatoms. The van der Waals surface area contributed by atoms with Gasteiger partial charge in [0.05, 0.1) is 0 Å². The molecule has 1 fully saturated rings.